The first-order valence-electron chi connectivity index (χ1n) is 6.50. The molecule has 1 aromatic heterocycles. The summed E-state index contributed by atoms with van der Waals surface area (Å²) in [5, 5.41) is 22.6. The number of aliphatic carboxylic acids is 1. The van der Waals surface area contributed by atoms with E-state index in [0.29, 0.717) is 22.1 Å². The molecule has 0 atom stereocenters. The summed E-state index contributed by atoms with van der Waals surface area (Å²) in [5.41, 5.74) is 1.07. The summed E-state index contributed by atoms with van der Waals surface area (Å²) >= 11 is 1.16. The Morgan fingerprint density at radius 1 is 1.43 bits per heavy atom. The molecule has 0 aliphatic heterocycles. The van der Waals surface area contributed by atoms with Gasteiger partial charge in [0.1, 0.15) is 0 Å². The molecule has 0 bridgehead atoms. The van der Waals surface area contributed by atoms with Gasteiger partial charge in [-0.05, 0) is 23.8 Å². The van der Waals surface area contributed by atoms with Gasteiger partial charge in [-0.1, -0.05) is 6.07 Å². The Hall–Kier alpha value is -2.87. The van der Waals surface area contributed by atoms with Crippen LogP contribution >= 0.6 is 11.3 Å². The third-order valence-electron chi connectivity index (χ3n) is 2.75. The van der Waals surface area contributed by atoms with Crippen molar-refractivity contribution in [1.82, 2.24) is 4.98 Å². The number of carbonyl (C=O) groups excluding carboxylic acids is 1. The quantitative estimate of drug-likeness (QED) is 0.698. The highest BCUT2D eigenvalue weighted by Crippen LogP contribution is 2.26. The molecule has 2 rings (SSSR count). The number of methoxy groups -OCH3 is 1. The fourth-order valence-electron chi connectivity index (χ4n) is 1.72. The lowest BCUT2D eigenvalue weighted by Crippen LogP contribution is -2.08. The number of nitrogens with zero attached hydrogens (tertiary/aromatic N) is 1. The summed E-state index contributed by atoms with van der Waals surface area (Å²) in [7, 11) is 1.44. The Morgan fingerprint density at radius 2 is 2.22 bits per heavy atom. The normalized spacial score (nSPS) is 10.7. The minimum absolute atomic E-state index is 0.0165. The maximum absolute atomic E-state index is 11.8. The van der Waals surface area contributed by atoms with Gasteiger partial charge >= 0.3 is 5.97 Å². The van der Waals surface area contributed by atoms with Crippen LogP contribution in [0.15, 0.2) is 29.7 Å². The van der Waals surface area contributed by atoms with Crippen molar-refractivity contribution in [3.05, 3.63) is 40.9 Å². The minimum Gasteiger partial charge on any atom is -0.504 e. The molecular formula is C15H14N2O5S. The number of carboxylic acid groups (broad SMARTS) is 1. The molecule has 120 valence electrons. The van der Waals surface area contributed by atoms with E-state index in [9.17, 15) is 14.7 Å². The van der Waals surface area contributed by atoms with Gasteiger partial charge in [-0.3, -0.25) is 14.9 Å². The first kappa shape index (κ1) is 16.5. The van der Waals surface area contributed by atoms with E-state index < -0.39 is 11.9 Å². The zero-order valence-electron chi connectivity index (χ0n) is 12.1. The van der Waals surface area contributed by atoms with E-state index in [2.05, 4.69) is 10.3 Å². The molecule has 0 saturated heterocycles. The van der Waals surface area contributed by atoms with Crippen molar-refractivity contribution in [3.63, 3.8) is 0 Å². The Balaban J connectivity index is 1.98. The van der Waals surface area contributed by atoms with Crippen molar-refractivity contribution >= 4 is 34.4 Å². The highest BCUT2D eigenvalue weighted by molar-refractivity contribution is 7.14. The SMILES string of the molecule is COc1cc(/C=C/C(=O)Nc2nc(CC(=O)O)cs2)ccc1O. The molecule has 1 amide bonds. The summed E-state index contributed by atoms with van der Waals surface area (Å²) in [6.45, 7) is 0. The summed E-state index contributed by atoms with van der Waals surface area (Å²) < 4.78 is 4.98. The fourth-order valence-corrected chi connectivity index (χ4v) is 2.43. The number of rotatable bonds is 6. The van der Waals surface area contributed by atoms with Crippen LogP contribution < -0.4 is 10.1 Å². The maximum Gasteiger partial charge on any atom is 0.309 e. The number of aromatic nitrogens is 1. The highest BCUT2D eigenvalue weighted by Gasteiger charge is 2.07. The number of aromatic hydroxyl groups is 1. The Morgan fingerprint density at radius 3 is 2.91 bits per heavy atom. The molecule has 0 unspecified atom stereocenters. The van der Waals surface area contributed by atoms with Gasteiger partial charge in [0.15, 0.2) is 16.6 Å². The number of hydrogen-bond donors (Lipinski definition) is 3. The summed E-state index contributed by atoms with van der Waals surface area (Å²) in [6, 6.07) is 4.69. The van der Waals surface area contributed by atoms with Gasteiger partial charge in [-0.15, -0.1) is 11.3 Å². The molecule has 0 saturated carbocycles. The number of nitrogens with one attached hydrogen (secondary N) is 1. The van der Waals surface area contributed by atoms with Gasteiger partial charge in [-0.2, -0.15) is 0 Å². The van der Waals surface area contributed by atoms with E-state index in [1.807, 2.05) is 0 Å². The second kappa shape index (κ2) is 7.41. The van der Waals surface area contributed by atoms with Crippen LogP contribution in [0, 0.1) is 0 Å². The second-order valence-corrected chi connectivity index (χ2v) is 5.33. The maximum atomic E-state index is 11.8. The van der Waals surface area contributed by atoms with E-state index in [4.69, 9.17) is 9.84 Å². The molecule has 23 heavy (non-hydrogen) atoms. The van der Waals surface area contributed by atoms with Gasteiger partial charge in [-0.25, -0.2) is 4.98 Å². The lowest BCUT2D eigenvalue weighted by Gasteiger charge is -2.03. The van der Waals surface area contributed by atoms with Crippen LogP contribution in [0.25, 0.3) is 6.08 Å². The number of amides is 1. The van der Waals surface area contributed by atoms with Gasteiger partial charge in [0.05, 0.1) is 19.2 Å². The van der Waals surface area contributed by atoms with Crippen molar-refractivity contribution in [2.24, 2.45) is 0 Å². The zero-order valence-corrected chi connectivity index (χ0v) is 13.0. The Kier molecular flexibility index (Phi) is 5.32. The first-order chi connectivity index (χ1) is 11.0. The van der Waals surface area contributed by atoms with Gasteiger partial charge in [0.2, 0.25) is 5.91 Å². The van der Waals surface area contributed by atoms with Gasteiger partial charge in [0, 0.05) is 11.5 Å². The molecule has 0 radical (unpaired) electrons. The van der Waals surface area contributed by atoms with Gasteiger partial charge in [0.25, 0.3) is 0 Å². The molecule has 0 spiro atoms. The number of phenols is 1. The highest BCUT2D eigenvalue weighted by atomic mass is 32.1. The molecule has 1 heterocycles. The smallest absolute Gasteiger partial charge is 0.309 e. The van der Waals surface area contributed by atoms with Crippen LogP contribution in [0.3, 0.4) is 0 Å². The third-order valence-corrected chi connectivity index (χ3v) is 3.55. The van der Waals surface area contributed by atoms with E-state index in [0.717, 1.165) is 11.3 Å². The number of benzene rings is 1. The number of ether oxygens (including phenoxy) is 1. The summed E-state index contributed by atoms with van der Waals surface area (Å²) in [6.07, 6.45) is 2.68. The molecular weight excluding hydrogens is 320 g/mol. The van der Waals surface area contributed by atoms with Crippen LogP contribution in [0.2, 0.25) is 0 Å². The van der Waals surface area contributed by atoms with Crippen molar-refractivity contribution in [3.8, 4) is 11.5 Å². The standard InChI is InChI=1S/C15H14N2O5S/c1-22-12-6-9(2-4-11(12)18)3-5-13(19)17-15-16-10(8-23-15)7-14(20)21/h2-6,8,18H,7H2,1H3,(H,20,21)(H,16,17,19)/b5-3+. The molecule has 7 nitrogen and oxygen atoms in total. The van der Waals surface area contributed by atoms with E-state index in [1.54, 1.807) is 23.6 Å². The minimum atomic E-state index is -0.977. The number of anilines is 1. The Bertz CT molecular complexity index is 754. The van der Waals surface area contributed by atoms with Crippen LogP contribution in [0.1, 0.15) is 11.3 Å². The fraction of sp³-hybridized carbons (Fsp3) is 0.133. The van der Waals surface area contributed by atoms with Crippen molar-refractivity contribution < 1.29 is 24.5 Å². The van der Waals surface area contributed by atoms with Crippen molar-refractivity contribution in [1.29, 1.82) is 0 Å². The molecule has 0 aliphatic carbocycles. The first-order valence-corrected chi connectivity index (χ1v) is 7.38. The van der Waals surface area contributed by atoms with Crippen LogP contribution in [-0.2, 0) is 16.0 Å². The lowest BCUT2D eigenvalue weighted by atomic mass is 10.2. The summed E-state index contributed by atoms with van der Waals surface area (Å²) in [5.74, 6) is -1.05. The number of thiazole rings is 1. The third kappa shape index (κ3) is 4.82. The van der Waals surface area contributed by atoms with Crippen LogP contribution in [-0.4, -0.2) is 34.2 Å². The van der Waals surface area contributed by atoms with E-state index in [-0.39, 0.29) is 12.2 Å². The van der Waals surface area contributed by atoms with Crippen molar-refractivity contribution in [2.45, 2.75) is 6.42 Å². The molecule has 0 aliphatic rings. The number of carboxylic acids is 1. The topological polar surface area (TPSA) is 109 Å². The van der Waals surface area contributed by atoms with Crippen molar-refractivity contribution in [2.75, 3.05) is 12.4 Å². The number of carbonyl (C=O) groups is 2. The molecule has 0 fully saturated rings. The monoisotopic (exact) mass is 334 g/mol. The second-order valence-electron chi connectivity index (χ2n) is 4.47. The van der Waals surface area contributed by atoms with Gasteiger partial charge < -0.3 is 14.9 Å². The average Bonchev–Trinajstić information content (AvgIpc) is 2.92. The average molecular weight is 334 g/mol. The summed E-state index contributed by atoms with van der Waals surface area (Å²) in [4.78, 5) is 26.4. The van der Waals surface area contributed by atoms with E-state index in [1.165, 1.54) is 19.3 Å². The molecule has 8 heteroatoms. The zero-order chi connectivity index (χ0) is 16.8. The number of hydrogen-bond acceptors (Lipinski definition) is 6. The van der Waals surface area contributed by atoms with Crippen LogP contribution in [0.5, 0.6) is 11.5 Å². The molecule has 1 aromatic carbocycles. The molecule has 2 aromatic rings. The number of phenolic OH excluding ortho intramolecular Hbond substituents is 1. The Labute approximate surface area is 135 Å². The molecule has 3 N–H and O–H groups in total. The predicted octanol–water partition coefficient (Wildman–Crippen LogP) is 2.14. The van der Waals surface area contributed by atoms with E-state index >= 15 is 0 Å². The lowest BCUT2D eigenvalue weighted by molar-refractivity contribution is -0.136. The predicted molar refractivity (Wildman–Crippen MR) is 85.8 cm³/mol. The van der Waals surface area contributed by atoms with Crippen LogP contribution in [0.4, 0.5) is 5.13 Å². The largest absolute Gasteiger partial charge is 0.504 e.